The largest absolute Gasteiger partial charge is 0.466 e. The number of imidazole rings is 1. The number of carbonyl (C=O) groups excluding carboxylic acids is 1. The molecular weight excluding hydrogens is 422 g/mol. The summed E-state index contributed by atoms with van der Waals surface area (Å²) >= 11 is 0. The van der Waals surface area contributed by atoms with Gasteiger partial charge in [0.2, 0.25) is 5.88 Å². The highest BCUT2D eigenvalue weighted by molar-refractivity contribution is 5.95. The zero-order chi connectivity index (χ0) is 22.6. The third-order valence-electron chi connectivity index (χ3n) is 5.69. The molecule has 4 aromatic rings. The fourth-order valence-corrected chi connectivity index (χ4v) is 4.12. The predicted molar refractivity (Wildman–Crippen MR) is 123 cm³/mol. The van der Waals surface area contributed by atoms with Crippen LogP contribution in [0.1, 0.15) is 6.92 Å². The van der Waals surface area contributed by atoms with Gasteiger partial charge in [-0.1, -0.05) is 0 Å². The Balaban J connectivity index is 1.31. The van der Waals surface area contributed by atoms with E-state index in [9.17, 15) is 9.90 Å². The Hall–Kier alpha value is -4.18. The minimum absolute atomic E-state index is 0.0392. The lowest BCUT2D eigenvalue weighted by Gasteiger charge is -2.45. The number of amides is 1. The van der Waals surface area contributed by atoms with E-state index in [1.54, 1.807) is 18.5 Å². The standard InChI is InChI=1S/C23H21N7O3/c1-23(32)12-30(13-23)16-4-2-15(3-5-16)26-20-21-24-6-7-29(21)10-18(28-20)14-8-17-22(25-9-14)33-11-19(31)27-17/h2-10,32H,11-13H2,1H3,(H,26,28)(H,27,31). The number of anilines is 4. The second-order valence-electron chi connectivity index (χ2n) is 8.57. The molecule has 0 bridgehead atoms. The first-order chi connectivity index (χ1) is 15.9. The van der Waals surface area contributed by atoms with Crippen LogP contribution < -0.4 is 20.3 Å². The molecule has 33 heavy (non-hydrogen) atoms. The number of rotatable bonds is 4. The fourth-order valence-electron chi connectivity index (χ4n) is 4.12. The fraction of sp³-hybridized carbons (Fsp3) is 0.217. The molecule has 1 amide bonds. The first-order valence-corrected chi connectivity index (χ1v) is 10.5. The van der Waals surface area contributed by atoms with E-state index in [2.05, 4.69) is 25.5 Å². The van der Waals surface area contributed by atoms with Crippen LogP contribution in [0, 0.1) is 0 Å². The summed E-state index contributed by atoms with van der Waals surface area (Å²) in [6, 6.07) is 9.78. The zero-order valence-electron chi connectivity index (χ0n) is 17.8. The molecule has 10 heteroatoms. The molecule has 0 radical (unpaired) electrons. The van der Waals surface area contributed by atoms with Gasteiger partial charge in [0.15, 0.2) is 18.1 Å². The van der Waals surface area contributed by atoms with E-state index in [1.165, 1.54) is 0 Å². The molecule has 3 N–H and O–H groups in total. The normalized spacial score (nSPS) is 16.5. The number of β-amino-alcohol motifs (C(OH)–C–C–N with tert-alkyl or cyclic N) is 1. The molecule has 166 valence electrons. The Morgan fingerprint density at radius 1 is 1.21 bits per heavy atom. The molecule has 0 saturated carbocycles. The van der Waals surface area contributed by atoms with Gasteiger partial charge in [-0.15, -0.1) is 0 Å². The molecule has 5 heterocycles. The Bertz CT molecular complexity index is 1370. The molecule has 6 rings (SSSR count). The first-order valence-electron chi connectivity index (χ1n) is 10.5. The number of aliphatic hydroxyl groups is 1. The monoisotopic (exact) mass is 443 g/mol. The van der Waals surface area contributed by atoms with Gasteiger partial charge in [0.05, 0.1) is 11.3 Å². The molecular formula is C23H21N7O3. The minimum atomic E-state index is -0.617. The van der Waals surface area contributed by atoms with Gasteiger partial charge in [0, 0.05) is 54.8 Å². The summed E-state index contributed by atoms with van der Waals surface area (Å²) in [6.45, 7) is 3.05. The zero-order valence-corrected chi connectivity index (χ0v) is 17.8. The van der Waals surface area contributed by atoms with Gasteiger partial charge in [0.1, 0.15) is 5.69 Å². The summed E-state index contributed by atoms with van der Waals surface area (Å²) < 4.78 is 7.23. The number of nitrogens with zero attached hydrogens (tertiary/aromatic N) is 5. The van der Waals surface area contributed by atoms with Crippen LogP contribution in [0.3, 0.4) is 0 Å². The number of aromatic nitrogens is 4. The van der Waals surface area contributed by atoms with Crippen molar-refractivity contribution in [3.63, 3.8) is 0 Å². The van der Waals surface area contributed by atoms with Crippen LogP contribution in [-0.2, 0) is 4.79 Å². The molecule has 0 spiro atoms. The molecule has 1 aromatic carbocycles. The third kappa shape index (κ3) is 3.60. The van der Waals surface area contributed by atoms with E-state index in [1.807, 2.05) is 48.0 Å². The lowest BCUT2D eigenvalue weighted by atomic mass is 9.96. The summed E-state index contributed by atoms with van der Waals surface area (Å²) in [5, 5.41) is 16.1. The van der Waals surface area contributed by atoms with Crippen LogP contribution >= 0.6 is 0 Å². The van der Waals surface area contributed by atoms with Gasteiger partial charge in [0.25, 0.3) is 5.91 Å². The highest BCUT2D eigenvalue weighted by Gasteiger charge is 2.36. The van der Waals surface area contributed by atoms with Crippen molar-refractivity contribution in [2.45, 2.75) is 12.5 Å². The number of hydrogen-bond acceptors (Lipinski definition) is 8. The van der Waals surface area contributed by atoms with Gasteiger partial charge < -0.3 is 29.8 Å². The van der Waals surface area contributed by atoms with Crippen LogP contribution in [0.25, 0.3) is 16.9 Å². The third-order valence-corrected chi connectivity index (χ3v) is 5.69. The van der Waals surface area contributed by atoms with Crippen LogP contribution in [0.15, 0.2) is 55.1 Å². The maximum absolute atomic E-state index is 11.7. The van der Waals surface area contributed by atoms with Gasteiger partial charge in [-0.25, -0.2) is 15.0 Å². The number of pyridine rings is 1. The molecule has 0 aliphatic carbocycles. The maximum Gasteiger partial charge on any atom is 0.262 e. The average Bonchev–Trinajstić information content (AvgIpc) is 3.26. The second-order valence-corrected chi connectivity index (χ2v) is 8.57. The molecule has 1 fully saturated rings. The van der Waals surface area contributed by atoms with Gasteiger partial charge in [-0.2, -0.15) is 0 Å². The van der Waals surface area contributed by atoms with Crippen molar-refractivity contribution in [1.29, 1.82) is 0 Å². The maximum atomic E-state index is 11.7. The van der Waals surface area contributed by atoms with Crippen LogP contribution in [-0.4, -0.2) is 55.7 Å². The van der Waals surface area contributed by atoms with Crippen molar-refractivity contribution >= 4 is 34.4 Å². The molecule has 0 unspecified atom stereocenters. The van der Waals surface area contributed by atoms with Crippen LogP contribution in [0.4, 0.5) is 22.9 Å². The van der Waals surface area contributed by atoms with Crippen LogP contribution in [0.2, 0.25) is 0 Å². The van der Waals surface area contributed by atoms with Crippen LogP contribution in [0.5, 0.6) is 5.88 Å². The van der Waals surface area contributed by atoms with E-state index < -0.39 is 5.60 Å². The summed E-state index contributed by atoms with van der Waals surface area (Å²) in [5.74, 6) is 0.770. The van der Waals surface area contributed by atoms with Crippen molar-refractivity contribution < 1.29 is 14.6 Å². The Morgan fingerprint density at radius 2 is 2.03 bits per heavy atom. The van der Waals surface area contributed by atoms with Crippen molar-refractivity contribution in [3.05, 3.63) is 55.1 Å². The van der Waals surface area contributed by atoms with E-state index in [4.69, 9.17) is 9.72 Å². The summed E-state index contributed by atoms with van der Waals surface area (Å²) in [7, 11) is 0. The lowest BCUT2D eigenvalue weighted by Crippen LogP contribution is -2.60. The summed E-state index contributed by atoms with van der Waals surface area (Å²) in [4.78, 5) is 27.3. The highest BCUT2D eigenvalue weighted by Crippen LogP contribution is 2.32. The number of hydrogen-bond donors (Lipinski definition) is 3. The van der Waals surface area contributed by atoms with Gasteiger partial charge in [-0.05, 0) is 37.3 Å². The number of carbonyl (C=O) groups is 1. The number of ether oxygens (including phenoxy) is 1. The first kappa shape index (κ1) is 19.5. The minimum Gasteiger partial charge on any atom is -0.466 e. The van der Waals surface area contributed by atoms with E-state index in [0.29, 0.717) is 41.8 Å². The second kappa shape index (κ2) is 7.17. The smallest absolute Gasteiger partial charge is 0.262 e. The molecule has 2 aliphatic heterocycles. The highest BCUT2D eigenvalue weighted by atomic mass is 16.5. The number of nitrogens with one attached hydrogen (secondary N) is 2. The predicted octanol–water partition coefficient (Wildman–Crippen LogP) is 2.44. The van der Waals surface area contributed by atoms with Gasteiger partial charge in [-0.3, -0.25) is 4.79 Å². The van der Waals surface area contributed by atoms with E-state index >= 15 is 0 Å². The average molecular weight is 443 g/mol. The Kier molecular flexibility index (Phi) is 4.24. The SMILES string of the molecule is CC1(O)CN(c2ccc(Nc3nc(-c4cnc5c(c4)NC(=O)CO5)cn4ccnc34)cc2)C1. The van der Waals surface area contributed by atoms with Gasteiger partial charge >= 0.3 is 0 Å². The van der Waals surface area contributed by atoms with Crippen molar-refractivity contribution in [2.75, 3.05) is 35.2 Å². The molecule has 0 atom stereocenters. The van der Waals surface area contributed by atoms with Crippen molar-refractivity contribution in [1.82, 2.24) is 19.4 Å². The topological polar surface area (TPSA) is 117 Å². The lowest BCUT2D eigenvalue weighted by molar-refractivity contribution is -0.118. The quantitative estimate of drug-likeness (QED) is 0.440. The molecule has 2 aliphatic rings. The molecule has 10 nitrogen and oxygen atoms in total. The number of fused-ring (bicyclic) bond motifs is 2. The van der Waals surface area contributed by atoms with Crippen molar-refractivity contribution in [3.8, 4) is 17.1 Å². The number of benzene rings is 1. The summed E-state index contributed by atoms with van der Waals surface area (Å²) in [5.41, 5.74) is 3.91. The van der Waals surface area contributed by atoms with E-state index in [0.717, 1.165) is 16.9 Å². The molecule has 3 aromatic heterocycles. The Morgan fingerprint density at radius 3 is 2.82 bits per heavy atom. The summed E-state index contributed by atoms with van der Waals surface area (Å²) in [6.07, 6.45) is 7.09. The Labute approximate surface area is 188 Å². The molecule has 1 saturated heterocycles. The van der Waals surface area contributed by atoms with E-state index in [-0.39, 0.29) is 12.5 Å². The van der Waals surface area contributed by atoms with Crippen molar-refractivity contribution in [2.24, 2.45) is 0 Å².